The van der Waals surface area contributed by atoms with Crippen LogP contribution >= 0.6 is 0 Å². The average Bonchev–Trinajstić information content (AvgIpc) is 3.35. The molecule has 1 fully saturated rings. The molecule has 0 amide bonds. The zero-order valence-corrected chi connectivity index (χ0v) is 17.8. The lowest BCUT2D eigenvalue weighted by atomic mass is 9.96. The van der Waals surface area contributed by atoms with Gasteiger partial charge >= 0.3 is 0 Å². The van der Waals surface area contributed by atoms with Crippen LogP contribution in [-0.4, -0.2) is 4.98 Å². The third kappa shape index (κ3) is 3.04. The van der Waals surface area contributed by atoms with Crippen molar-refractivity contribution in [3.05, 3.63) is 59.4 Å². The number of pyridine rings is 2. The second-order valence-electron chi connectivity index (χ2n) is 8.92. The molecule has 5 rings (SSSR count). The Balaban J connectivity index is 1.69. The minimum Gasteiger partial charge on any atom is -0.437 e. The van der Waals surface area contributed by atoms with Crippen molar-refractivity contribution in [1.29, 1.82) is 0 Å². The number of fused-ring (bicyclic) bond motifs is 3. The van der Waals surface area contributed by atoms with E-state index in [-0.39, 0.29) is 0 Å². The second-order valence-corrected chi connectivity index (χ2v) is 8.92. The zero-order chi connectivity index (χ0) is 20.1. The standard InChI is InChI=1S/C26H29N2O/c1-16(2)22-13-12-21-20-11-9-17(3)24(25(20)29-26(21)27-22)23-14-10-19(15-28(23)4)18-7-5-6-8-18/h9-16,18H,5-8H2,1-4H3/q+1. The van der Waals surface area contributed by atoms with Gasteiger partial charge in [0.1, 0.15) is 7.05 Å². The summed E-state index contributed by atoms with van der Waals surface area (Å²) in [5, 5.41) is 2.24. The first kappa shape index (κ1) is 18.4. The Morgan fingerprint density at radius 1 is 1.00 bits per heavy atom. The summed E-state index contributed by atoms with van der Waals surface area (Å²) in [6.45, 7) is 6.50. The summed E-state index contributed by atoms with van der Waals surface area (Å²) in [5.41, 5.74) is 7.81. The number of aryl methyl sites for hydroxylation is 2. The number of benzene rings is 1. The average molecular weight is 386 g/mol. The largest absolute Gasteiger partial charge is 0.437 e. The van der Waals surface area contributed by atoms with E-state index in [9.17, 15) is 0 Å². The smallest absolute Gasteiger partial charge is 0.227 e. The first-order chi connectivity index (χ1) is 14.0. The molecule has 1 aliphatic rings. The maximum Gasteiger partial charge on any atom is 0.227 e. The lowest BCUT2D eigenvalue weighted by Crippen LogP contribution is -2.31. The molecular formula is C26H29N2O+. The van der Waals surface area contributed by atoms with Crippen LogP contribution in [0.2, 0.25) is 0 Å². The molecule has 1 aliphatic carbocycles. The van der Waals surface area contributed by atoms with Crippen LogP contribution in [0.3, 0.4) is 0 Å². The Morgan fingerprint density at radius 3 is 2.48 bits per heavy atom. The molecule has 0 unspecified atom stereocenters. The SMILES string of the molecule is Cc1ccc2c(oc3nc(C(C)C)ccc32)c1-c1ccc(C2CCCC2)c[n+]1C. The molecule has 0 aliphatic heterocycles. The molecule has 3 heterocycles. The van der Waals surface area contributed by atoms with Crippen LogP contribution in [0.5, 0.6) is 0 Å². The highest BCUT2D eigenvalue weighted by Gasteiger charge is 2.24. The third-order valence-corrected chi connectivity index (χ3v) is 6.57. The molecule has 0 radical (unpaired) electrons. The Bertz CT molecular complexity index is 1210. The van der Waals surface area contributed by atoms with Crippen molar-refractivity contribution < 1.29 is 8.98 Å². The van der Waals surface area contributed by atoms with Gasteiger partial charge < -0.3 is 4.42 Å². The highest BCUT2D eigenvalue weighted by molar-refractivity contribution is 6.08. The molecular weight excluding hydrogens is 356 g/mol. The number of furan rings is 1. The fourth-order valence-electron chi connectivity index (χ4n) is 4.86. The summed E-state index contributed by atoms with van der Waals surface area (Å²) in [4.78, 5) is 4.79. The number of nitrogens with zero attached hydrogens (tertiary/aromatic N) is 2. The van der Waals surface area contributed by atoms with Crippen LogP contribution in [0.1, 0.15) is 68.2 Å². The number of aromatic nitrogens is 2. The van der Waals surface area contributed by atoms with Gasteiger partial charge in [-0.15, -0.1) is 0 Å². The summed E-state index contributed by atoms with van der Waals surface area (Å²) < 4.78 is 8.64. The number of hydrogen-bond acceptors (Lipinski definition) is 2. The number of hydrogen-bond donors (Lipinski definition) is 0. The predicted octanol–water partition coefficient (Wildman–Crippen LogP) is 6.56. The predicted molar refractivity (Wildman–Crippen MR) is 118 cm³/mol. The number of rotatable bonds is 3. The first-order valence-corrected chi connectivity index (χ1v) is 10.9. The van der Waals surface area contributed by atoms with Crippen molar-refractivity contribution in [3.63, 3.8) is 0 Å². The van der Waals surface area contributed by atoms with Gasteiger partial charge in [-0.1, -0.05) is 38.8 Å². The van der Waals surface area contributed by atoms with Gasteiger partial charge in [-0.05, 0) is 55.4 Å². The fraction of sp³-hybridized carbons (Fsp3) is 0.385. The van der Waals surface area contributed by atoms with Crippen LogP contribution in [0.25, 0.3) is 33.3 Å². The molecule has 0 N–H and O–H groups in total. The molecule has 3 heteroatoms. The van der Waals surface area contributed by atoms with Gasteiger partial charge in [-0.3, -0.25) is 0 Å². The van der Waals surface area contributed by atoms with Crippen molar-refractivity contribution in [3.8, 4) is 11.3 Å². The summed E-state index contributed by atoms with van der Waals surface area (Å²) in [6.07, 6.45) is 7.68. The molecule has 0 bridgehead atoms. The van der Waals surface area contributed by atoms with E-state index >= 15 is 0 Å². The summed E-state index contributed by atoms with van der Waals surface area (Å²) in [5.74, 6) is 1.10. The molecule has 29 heavy (non-hydrogen) atoms. The van der Waals surface area contributed by atoms with Gasteiger partial charge in [-0.25, -0.2) is 9.55 Å². The van der Waals surface area contributed by atoms with Crippen molar-refractivity contribution in [2.75, 3.05) is 0 Å². The van der Waals surface area contributed by atoms with Crippen molar-refractivity contribution in [2.45, 2.75) is 58.3 Å². The first-order valence-electron chi connectivity index (χ1n) is 10.9. The molecule has 148 valence electrons. The van der Waals surface area contributed by atoms with E-state index in [1.54, 1.807) is 0 Å². The highest BCUT2D eigenvalue weighted by atomic mass is 16.3. The fourth-order valence-corrected chi connectivity index (χ4v) is 4.86. The van der Waals surface area contributed by atoms with E-state index in [2.05, 4.69) is 75.0 Å². The van der Waals surface area contributed by atoms with E-state index in [0.717, 1.165) is 33.7 Å². The van der Waals surface area contributed by atoms with Gasteiger partial charge in [-0.2, -0.15) is 0 Å². The molecule has 0 atom stereocenters. The van der Waals surface area contributed by atoms with Crippen molar-refractivity contribution in [1.82, 2.24) is 4.98 Å². The van der Waals surface area contributed by atoms with Gasteiger partial charge in [0.2, 0.25) is 11.4 Å². The van der Waals surface area contributed by atoms with Gasteiger partial charge in [0.25, 0.3) is 0 Å². The summed E-state index contributed by atoms with van der Waals surface area (Å²) in [7, 11) is 2.16. The topological polar surface area (TPSA) is 29.9 Å². The van der Waals surface area contributed by atoms with Crippen LogP contribution in [-0.2, 0) is 7.05 Å². The summed E-state index contributed by atoms with van der Waals surface area (Å²) >= 11 is 0. The highest BCUT2D eigenvalue weighted by Crippen LogP contribution is 2.38. The Hall–Kier alpha value is -2.68. The maximum atomic E-state index is 6.37. The van der Waals surface area contributed by atoms with Crippen molar-refractivity contribution >= 4 is 22.1 Å². The van der Waals surface area contributed by atoms with Gasteiger partial charge in [0, 0.05) is 28.1 Å². The molecule has 4 aromatic rings. The van der Waals surface area contributed by atoms with Crippen LogP contribution < -0.4 is 4.57 Å². The van der Waals surface area contributed by atoms with Crippen LogP contribution in [0.4, 0.5) is 0 Å². The van der Waals surface area contributed by atoms with E-state index in [1.165, 1.54) is 48.1 Å². The van der Waals surface area contributed by atoms with E-state index in [1.807, 2.05) is 0 Å². The minimum absolute atomic E-state index is 0.384. The third-order valence-electron chi connectivity index (χ3n) is 6.57. The van der Waals surface area contributed by atoms with E-state index < -0.39 is 0 Å². The van der Waals surface area contributed by atoms with Gasteiger partial charge in [0.05, 0.1) is 5.56 Å². The maximum absolute atomic E-state index is 6.37. The van der Waals surface area contributed by atoms with Gasteiger partial charge in [0.15, 0.2) is 11.8 Å². The van der Waals surface area contributed by atoms with E-state index in [0.29, 0.717) is 5.92 Å². The molecule has 0 saturated heterocycles. The second kappa shape index (κ2) is 6.98. The van der Waals surface area contributed by atoms with E-state index in [4.69, 9.17) is 9.40 Å². The monoisotopic (exact) mass is 385 g/mol. The Kier molecular flexibility index (Phi) is 4.42. The molecule has 0 spiro atoms. The zero-order valence-electron chi connectivity index (χ0n) is 17.8. The molecule has 3 nitrogen and oxygen atoms in total. The minimum atomic E-state index is 0.384. The lowest BCUT2D eigenvalue weighted by Gasteiger charge is -2.10. The van der Waals surface area contributed by atoms with Crippen LogP contribution in [0.15, 0.2) is 47.0 Å². The Labute approximate surface area is 172 Å². The quantitative estimate of drug-likeness (QED) is 0.374. The van der Waals surface area contributed by atoms with Crippen LogP contribution in [0, 0.1) is 6.92 Å². The normalized spacial score (nSPS) is 15.2. The molecule has 1 saturated carbocycles. The molecule has 3 aromatic heterocycles. The Morgan fingerprint density at radius 2 is 1.76 bits per heavy atom. The molecule has 1 aromatic carbocycles. The van der Waals surface area contributed by atoms with Crippen molar-refractivity contribution in [2.24, 2.45) is 7.05 Å². The summed E-state index contributed by atoms with van der Waals surface area (Å²) in [6, 6.07) is 13.2. The lowest BCUT2D eigenvalue weighted by molar-refractivity contribution is -0.660.